The molecule has 1 rings (SSSR count). The average Bonchev–Trinajstić information content (AvgIpc) is 1.69. The van der Waals surface area contributed by atoms with Crippen molar-refractivity contribution in [1.82, 2.24) is 0 Å². The van der Waals surface area contributed by atoms with Crippen LogP contribution in [0.2, 0.25) is 3.17 Å². The molecule has 0 heterocycles. The van der Waals surface area contributed by atoms with E-state index in [1.807, 2.05) is 0 Å². The van der Waals surface area contributed by atoms with Gasteiger partial charge < -0.3 is 0 Å². The van der Waals surface area contributed by atoms with Gasteiger partial charge in [0.2, 0.25) is 0 Å². The van der Waals surface area contributed by atoms with Crippen LogP contribution in [0.1, 0.15) is 32.1 Å². The summed E-state index contributed by atoms with van der Waals surface area (Å²) in [5.74, 6) is 0. The zero-order chi connectivity index (χ0) is 5.11. The first kappa shape index (κ1) is 6.12. The van der Waals surface area contributed by atoms with Gasteiger partial charge in [0, 0.05) is 0 Å². The van der Waals surface area contributed by atoms with E-state index in [1.54, 1.807) is 12.8 Å². The van der Waals surface area contributed by atoms with Crippen LogP contribution < -0.4 is 0 Å². The third kappa shape index (κ3) is 2.16. The number of rotatable bonds is 0. The van der Waals surface area contributed by atoms with Crippen molar-refractivity contribution in [2.45, 2.75) is 35.3 Å². The molecule has 0 aliphatic heterocycles. The summed E-state index contributed by atoms with van der Waals surface area (Å²) in [5, 5.41) is 0. The van der Waals surface area contributed by atoms with Crippen molar-refractivity contribution in [2.75, 3.05) is 0 Å². The fourth-order valence-electron chi connectivity index (χ4n) is 1.31. The molecule has 1 aliphatic rings. The molecule has 0 unspecified atom stereocenters. The predicted octanol–water partition coefficient (Wildman–Crippen LogP) is 1.91. The summed E-state index contributed by atoms with van der Waals surface area (Å²) in [7, 11) is 0. The van der Waals surface area contributed by atoms with E-state index in [9.17, 15) is 0 Å². The molecule has 0 aromatic carbocycles. The minimum absolute atomic E-state index is 1.17. The van der Waals surface area contributed by atoms with Crippen molar-refractivity contribution in [3.05, 3.63) is 0 Å². The molecule has 1 heteroatoms. The van der Waals surface area contributed by atoms with E-state index in [-0.39, 0.29) is 0 Å². The van der Waals surface area contributed by atoms with Crippen LogP contribution in [0, 0.1) is 0 Å². The number of hydrogen-bond acceptors (Lipinski definition) is 0. The van der Waals surface area contributed by atoms with Crippen LogP contribution in [0.5, 0.6) is 0 Å². The van der Waals surface area contributed by atoms with Crippen LogP contribution in [0.4, 0.5) is 0 Å². The van der Waals surface area contributed by atoms with E-state index in [0.29, 0.717) is 0 Å². The van der Waals surface area contributed by atoms with Gasteiger partial charge in [0.05, 0.1) is 0 Å². The summed E-state index contributed by atoms with van der Waals surface area (Å²) >= 11 is 1.45. The van der Waals surface area contributed by atoms with Crippen molar-refractivity contribution < 1.29 is 0 Å². The van der Waals surface area contributed by atoms with Crippen LogP contribution in [0.15, 0.2) is 0 Å². The van der Waals surface area contributed by atoms with E-state index in [0.717, 1.165) is 0 Å². The summed E-state index contributed by atoms with van der Waals surface area (Å²) in [5.41, 5.74) is 0. The minimum atomic E-state index is 1.17. The Morgan fingerprint density at radius 2 is 1.57 bits per heavy atom. The van der Waals surface area contributed by atoms with Crippen LogP contribution in [0.25, 0.3) is 0 Å². The molecule has 0 nitrogen and oxygen atoms in total. The second-order valence-electron chi connectivity index (χ2n) is 2.74. The van der Waals surface area contributed by atoms with Gasteiger partial charge in [-0.25, -0.2) is 0 Å². The van der Waals surface area contributed by atoms with Crippen LogP contribution >= 0.6 is 0 Å². The van der Waals surface area contributed by atoms with Crippen LogP contribution in [0.3, 0.4) is 0 Å². The first-order chi connectivity index (χ1) is 3.39. The van der Waals surface area contributed by atoms with E-state index >= 15 is 0 Å². The molecule has 1 saturated carbocycles. The Morgan fingerprint density at radius 3 is 1.86 bits per heavy atom. The Kier molecular flexibility index (Phi) is 2.72. The quantitative estimate of drug-likeness (QED) is 0.414. The monoisotopic (exact) mass is 106 g/mol. The summed E-state index contributed by atoms with van der Waals surface area (Å²) in [6.07, 6.45) is 7.65. The summed E-state index contributed by atoms with van der Waals surface area (Å²) in [6.45, 7) is 0. The Morgan fingerprint density at radius 1 is 1.00 bits per heavy atom. The molecule has 0 spiro atoms. The standard InChI is InChI=1S/C6H11.Na/c1-2-4-6-5-3-1;/h1H,2-6H2;. The van der Waals surface area contributed by atoms with E-state index in [1.165, 1.54) is 50.4 Å². The van der Waals surface area contributed by atoms with Gasteiger partial charge in [-0.2, -0.15) is 0 Å². The van der Waals surface area contributed by atoms with Crippen LogP contribution in [-0.4, -0.2) is 27.9 Å². The second kappa shape index (κ2) is 3.11. The van der Waals surface area contributed by atoms with Gasteiger partial charge >= 0.3 is 63.2 Å². The third-order valence-electron chi connectivity index (χ3n) is 1.89. The summed E-state index contributed by atoms with van der Waals surface area (Å²) < 4.78 is 1.17. The summed E-state index contributed by atoms with van der Waals surface area (Å²) in [6, 6.07) is 0. The van der Waals surface area contributed by atoms with E-state index in [4.69, 9.17) is 0 Å². The molecular formula is C6H11Na. The third-order valence-corrected chi connectivity index (χ3v) is 3.05. The van der Waals surface area contributed by atoms with E-state index < -0.39 is 0 Å². The normalized spacial score (nSPS) is 25.4. The molecule has 1 fully saturated rings. The number of hydrogen-bond donors (Lipinski definition) is 0. The van der Waals surface area contributed by atoms with Gasteiger partial charge in [0.1, 0.15) is 0 Å². The predicted molar refractivity (Wildman–Crippen MR) is 32.6 cm³/mol. The molecule has 0 amide bonds. The van der Waals surface area contributed by atoms with Gasteiger partial charge in [-0.3, -0.25) is 0 Å². The Hall–Kier alpha value is 1.00. The average molecular weight is 106 g/mol. The molecule has 0 radical (unpaired) electrons. The topological polar surface area (TPSA) is 0 Å². The second-order valence-corrected chi connectivity index (χ2v) is 4.38. The fraction of sp³-hybridized carbons (Fsp3) is 1.00. The van der Waals surface area contributed by atoms with Crippen LogP contribution in [-0.2, 0) is 0 Å². The fourth-order valence-corrected chi connectivity index (χ4v) is 2.12. The molecule has 0 bridgehead atoms. The summed E-state index contributed by atoms with van der Waals surface area (Å²) in [4.78, 5) is 0. The van der Waals surface area contributed by atoms with Crippen molar-refractivity contribution in [2.24, 2.45) is 0 Å². The van der Waals surface area contributed by atoms with Gasteiger partial charge in [0.25, 0.3) is 0 Å². The maximum absolute atomic E-state index is 1.55. The molecule has 0 saturated heterocycles. The van der Waals surface area contributed by atoms with Gasteiger partial charge in [-0.15, -0.1) is 0 Å². The first-order valence-electron chi connectivity index (χ1n) is 3.39. The van der Waals surface area contributed by atoms with E-state index in [2.05, 4.69) is 0 Å². The molecule has 1 aliphatic carbocycles. The molecule has 0 aromatic rings. The molecule has 36 valence electrons. The Labute approximate surface area is 63.1 Å². The van der Waals surface area contributed by atoms with Crippen molar-refractivity contribution in [3.63, 3.8) is 0 Å². The molecule has 0 aromatic heterocycles. The van der Waals surface area contributed by atoms with Gasteiger partial charge in [-0.05, 0) is 0 Å². The molecule has 7 heavy (non-hydrogen) atoms. The molecular weight excluding hydrogens is 95.1 g/mol. The first-order valence-corrected chi connectivity index (χ1v) is 4.55. The van der Waals surface area contributed by atoms with Crippen molar-refractivity contribution in [1.29, 1.82) is 0 Å². The molecule has 0 atom stereocenters. The molecule has 0 N–H and O–H groups in total. The Bertz CT molecular complexity index is 46.1. The van der Waals surface area contributed by atoms with Crippen molar-refractivity contribution >= 4 is 27.9 Å². The zero-order valence-electron chi connectivity index (χ0n) is 5.11. The zero-order valence-corrected chi connectivity index (χ0v) is 7.11. The van der Waals surface area contributed by atoms with Crippen molar-refractivity contribution in [3.8, 4) is 0 Å². The Balaban J connectivity index is 2.12. The SMILES string of the molecule is [Na][CH]1CCCCC1. The maximum atomic E-state index is 1.55. The van der Waals surface area contributed by atoms with Gasteiger partial charge in [-0.1, -0.05) is 0 Å². The van der Waals surface area contributed by atoms with Gasteiger partial charge in [0.15, 0.2) is 0 Å².